The number of para-hydroxylation sites is 1. The predicted octanol–water partition coefficient (Wildman–Crippen LogP) is 3.01. The first kappa shape index (κ1) is 12.8. The molecule has 0 heterocycles. The Morgan fingerprint density at radius 1 is 1.06 bits per heavy atom. The molecule has 1 unspecified atom stereocenters. The highest BCUT2D eigenvalue weighted by atomic mass is 32.2. The van der Waals surface area contributed by atoms with E-state index in [-0.39, 0.29) is 5.82 Å². The van der Waals surface area contributed by atoms with Crippen LogP contribution in [-0.2, 0) is 10.8 Å². The Hall–Kier alpha value is -1.68. The molecule has 0 aromatic heterocycles. The maximum atomic E-state index is 12.9. The molecule has 0 aliphatic rings. The van der Waals surface area contributed by atoms with E-state index in [0.29, 0.717) is 17.3 Å². The van der Waals surface area contributed by atoms with E-state index in [1.807, 2.05) is 30.3 Å². The molecule has 0 aliphatic carbocycles. The first-order chi connectivity index (χ1) is 8.75. The SMILES string of the molecule is O=S(CCOc1ccccc1)c1cccc(F)c1. The fourth-order valence-electron chi connectivity index (χ4n) is 1.48. The lowest BCUT2D eigenvalue weighted by Gasteiger charge is -2.06. The molecule has 18 heavy (non-hydrogen) atoms. The van der Waals surface area contributed by atoms with E-state index < -0.39 is 10.8 Å². The molecule has 2 aromatic carbocycles. The highest BCUT2D eigenvalue weighted by molar-refractivity contribution is 7.85. The molecular formula is C14H13FO2S. The maximum Gasteiger partial charge on any atom is 0.124 e. The number of halogens is 1. The summed E-state index contributed by atoms with van der Waals surface area (Å²) in [5.74, 6) is 0.719. The van der Waals surface area contributed by atoms with Crippen molar-refractivity contribution in [3.05, 3.63) is 60.4 Å². The largest absolute Gasteiger partial charge is 0.493 e. The van der Waals surface area contributed by atoms with E-state index in [1.165, 1.54) is 12.1 Å². The summed E-state index contributed by atoms with van der Waals surface area (Å²) in [4.78, 5) is 0.492. The normalized spacial score (nSPS) is 12.1. The van der Waals surface area contributed by atoms with Crippen LogP contribution in [0.1, 0.15) is 0 Å². The van der Waals surface area contributed by atoms with Gasteiger partial charge in [0.15, 0.2) is 0 Å². The van der Waals surface area contributed by atoms with Crippen molar-refractivity contribution in [3.8, 4) is 5.75 Å². The molecule has 0 saturated carbocycles. The smallest absolute Gasteiger partial charge is 0.124 e. The van der Waals surface area contributed by atoms with E-state index in [4.69, 9.17) is 4.74 Å². The van der Waals surface area contributed by atoms with Gasteiger partial charge in [-0.25, -0.2) is 4.39 Å². The third-order valence-electron chi connectivity index (χ3n) is 2.34. The molecule has 2 aromatic rings. The highest BCUT2D eigenvalue weighted by Gasteiger charge is 2.05. The van der Waals surface area contributed by atoms with Crippen LogP contribution in [0.15, 0.2) is 59.5 Å². The van der Waals surface area contributed by atoms with E-state index >= 15 is 0 Å². The highest BCUT2D eigenvalue weighted by Crippen LogP contribution is 2.11. The molecule has 0 aliphatic heterocycles. The summed E-state index contributed by atoms with van der Waals surface area (Å²) >= 11 is 0. The van der Waals surface area contributed by atoms with Gasteiger partial charge in [-0.1, -0.05) is 24.3 Å². The van der Waals surface area contributed by atoms with Crippen molar-refractivity contribution in [1.82, 2.24) is 0 Å². The predicted molar refractivity (Wildman–Crippen MR) is 69.6 cm³/mol. The third-order valence-corrected chi connectivity index (χ3v) is 3.66. The molecule has 2 nitrogen and oxygen atoms in total. The average molecular weight is 264 g/mol. The van der Waals surface area contributed by atoms with E-state index in [9.17, 15) is 8.60 Å². The van der Waals surface area contributed by atoms with Crippen LogP contribution in [-0.4, -0.2) is 16.6 Å². The van der Waals surface area contributed by atoms with Crippen molar-refractivity contribution in [3.63, 3.8) is 0 Å². The first-order valence-corrected chi connectivity index (χ1v) is 6.89. The zero-order chi connectivity index (χ0) is 12.8. The molecule has 0 fully saturated rings. The summed E-state index contributed by atoms with van der Waals surface area (Å²) in [6, 6.07) is 15.2. The zero-order valence-corrected chi connectivity index (χ0v) is 10.5. The fraction of sp³-hybridized carbons (Fsp3) is 0.143. The summed E-state index contributed by atoms with van der Waals surface area (Å²) in [7, 11) is -1.23. The lowest BCUT2D eigenvalue weighted by molar-refractivity contribution is 0.342. The van der Waals surface area contributed by atoms with Crippen LogP contribution in [0.2, 0.25) is 0 Å². The van der Waals surface area contributed by atoms with E-state index in [0.717, 1.165) is 5.75 Å². The molecule has 0 N–H and O–H groups in total. The van der Waals surface area contributed by atoms with Gasteiger partial charge < -0.3 is 4.74 Å². The second-order valence-electron chi connectivity index (χ2n) is 3.67. The lowest BCUT2D eigenvalue weighted by Crippen LogP contribution is -2.08. The Morgan fingerprint density at radius 3 is 2.56 bits per heavy atom. The van der Waals surface area contributed by atoms with Gasteiger partial charge >= 0.3 is 0 Å². The number of ether oxygens (including phenoxy) is 1. The average Bonchev–Trinajstić information content (AvgIpc) is 2.40. The minimum Gasteiger partial charge on any atom is -0.493 e. The summed E-state index contributed by atoms with van der Waals surface area (Å²) in [6.45, 7) is 0.340. The third kappa shape index (κ3) is 3.67. The van der Waals surface area contributed by atoms with Gasteiger partial charge in [-0.3, -0.25) is 4.21 Å². The molecule has 0 bridgehead atoms. The molecule has 0 amide bonds. The molecule has 0 spiro atoms. The molecule has 0 radical (unpaired) electrons. The number of hydrogen-bond acceptors (Lipinski definition) is 2. The van der Waals surface area contributed by atoms with Crippen LogP contribution in [0.5, 0.6) is 5.75 Å². The number of hydrogen-bond donors (Lipinski definition) is 0. The number of rotatable bonds is 5. The van der Waals surface area contributed by atoms with Gasteiger partial charge in [0.2, 0.25) is 0 Å². The van der Waals surface area contributed by atoms with Gasteiger partial charge in [0.25, 0.3) is 0 Å². The van der Waals surface area contributed by atoms with Crippen LogP contribution in [0.25, 0.3) is 0 Å². The van der Waals surface area contributed by atoms with Gasteiger partial charge in [-0.05, 0) is 30.3 Å². The fourth-order valence-corrected chi connectivity index (χ4v) is 2.42. The maximum absolute atomic E-state index is 12.9. The summed E-state index contributed by atoms with van der Waals surface area (Å²) in [6.07, 6.45) is 0. The zero-order valence-electron chi connectivity index (χ0n) is 9.71. The van der Waals surface area contributed by atoms with Crippen LogP contribution in [0.4, 0.5) is 4.39 Å². The van der Waals surface area contributed by atoms with Gasteiger partial charge in [0, 0.05) is 4.90 Å². The molecule has 4 heteroatoms. The topological polar surface area (TPSA) is 26.3 Å². The minimum absolute atomic E-state index is 0.340. The van der Waals surface area contributed by atoms with Crippen molar-refractivity contribution >= 4 is 10.8 Å². The summed E-state index contributed by atoms with van der Waals surface area (Å²) < 4.78 is 30.2. The Labute approximate surface area is 108 Å². The van der Waals surface area contributed by atoms with Crippen molar-refractivity contribution < 1.29 is 13.3 Å². The van der Waals surface area contributed by atoms with Gasteiger partial charge in [-0.15, -0.1) is 0 Å². The van der Waals surface area contributed by atoms with Crippen molar-refractivity contribution in [2.75, 3.05) is 12.4 Å². The second-order valence-corrected chi connectivity index (χ2v) is 5.24. The van der Waals surface area contributed by atoms with Crippen LogP contribution in [0.3, 0.4) is 0 Å². The second kappa shape index (κ2) is 6.31. The van der Waals surface area contributed by atoms with E-state index in [2.05, 4.69) is 0 Å². The monoisotopic (exact) mass is 264 g/mol. The Bertz CT molecular complexity index is 528. The van der Waals surface area contributed by atoms with Crippen LogP contribution in [0, 0.1) is 5.82 Å². The summed E-state index contributed by atoms with van der Waals surface area (Å²) in [5.41, 5.74) is 0. The minimum atomic E-state index is -1.23. The van der Waals surface area contributed by atoms with Crippen molar-refractivity contribution in [2.45, 2.75) is 4.90 Å². The lowest BCUT2D eigenvalue weighted by atomic mass is 10.3. The Morgan fingerprint density at radius 2 is 1.83 bits per heavy atom. The Kier molecular flexibility index (Phi) is 4.47. The first-order valence-electron chi connectivity index (χ1n) is 5.57. The molecule has 1 atom stereocenters. The van der Waals surface area contributed by atoms with Crippen molar-refractivity contribution in [1.29, 1.82) is 0 Å². The summed E-state index contributed by atoms with van der Waals surface area (Å²) in [5, 5.41) is 0. The molecule has 0 saturated heterocycles. The van der Waals surface area contributed by atoms with Crippen molar-refractivity contribution in [2.24, 2.45) is 0 Å². The van der Waals surface area contributed by atoms with Gasteiger partial charge in [-0.2, -0.15) is 0 Å². The van der Waals surface area contributed by atoms with Gasteiger partial charge in [0.1, 0.15) is 18.2 Å². The molecule has 94 valence electrons. The quantitative estimate of drug-likeness (QED) is 0.829. The molecular weight excluding hydrogens is 251 g/mol. The Balaban J connectivity index is 1.86. The van der Waals surface area contributed by atoms with Gasteiger partial charge in [0.05, 0.1) is 16.6 Å². The number of benzene rings is 2. The molecule has 2 rings (SSSR count). The van der Waals surface area contributed by atoms with E-state index in [1.54, 1.807) is 12.1 Å². The van der Waals surface area contributed by atoms with Crippen LogP contribution < -0.4 is 4.74 Å². The van der Waals surface area contributed by atoms with Crippen LogP contribution >= 0.6 is 0 Å². The standard InChI is InChI=1S/C14H13FO2S/c15-12-5-4-8-14(11-12)18(16)10-9-17-13-6-2-1-3-7-13/h1-8,11H,9-10H2.